The summed E-state index contributed by atoms with van der Waals surface area (Å²) in [5.74, 6) is -0.858. The molecule has 1 rings (SSSR count). The number of nitrogens with one attached hydrogen (secondary N) is 1. The first-order chi connectivity index (χ1) is 10.4. The van der Waals surface area contributed by atoms with Gasteiger partial charge in [-0.05, 0) is 36.5 Å². The lowest BCUT2D eigenvalue weighted by Gasteiger charge is -2.15. The van der Waals surface area contributed by atoms with Crippen LogP contribution < -0.4 is 10.1 Å². The van der Waals surface area contributed by atoms with Gasteiger partial charge in [0.25, 0.3) is 5.91 Å². The number of hydrogen-bond donors (Lipinski definition) is 2. The van der Waals surface area contributed by atoms with Gasteiger partial charge in [-0.2, -0.15) is 0 Å². The number of carbonyl (C=O) groups is 2. The van der Waals surface area contributed by atoms with Gasteiger partial charge < -0.3 is 15.2 Å². The van der Waals surface area contributed by atoms with Gasteiger partial charge in [0, 0.05) is 6.54 Å². The van der Waals surface area contributed by atoms with Crippen LogP contribution in [0.4, 0.5) is 0 Å². The van der Waals surface area contributed by atoms with E-state index in [1.807, 2.05) is 38.1 Å². The fourth-order valence-corrected chi connectivity index (χ4v) is 2.10. The maximum atomic E-state index is 11.7. The Labute approximate surface area is 131 Å². The van der Waals surface area contributed by atoms with Crippen molar-refractivity contribution < 1.29 is 19.4 Å². The molecule has 0 bridgehead atoms. The number of carboxylic acids is 1. The van der Waals surface area contributed by atoms with E-state index in [9.17, 15) is 9.59 Å². The summed E-state index contributed by atoms with van der Waals surface area (Å²) in [6.45, 7) is 6.00. The van der Waals surface area contributed by atoms with E-state index >= 15 is 0 Å². The standard InChI is InChI=1S/C17H25NO4/c1-4-13-5-7-15(8-6-13)22-11-16(19)18-10-14(17(20)21)9-12(2)3/h5-8,12,14H,4,9-11H2,1-3H3,(H,18,19)(H,20,21). The highest BCUT2D eigenvalue weighted by atomic mass is 16.5. The van der Waals surface area contributed by atoms with Crippen LogP contribution in [0.1, 0.15) is 32.8 Å². The molecule has 5 nitrogen and oxygen atoms in total. The van der Waals surface area contributed by atoms with Crippen LogP contribution in [0.25, 0.3) is 0 Å². The van der Waals surface area contributed by atoms with Crippen molar-refractivity contribution in [3.63, 3.8) is 0 Å². The van der Waals surface area contributed by atoms with E-state index in [0.717, 1.165) is 6.42 Å². The van der Waals surface area contributed by atoms with Crippen molar-refractivity contribution in [2.75, 3.05) is 13.2 Å². The molecule has 22 heavy (non-hydrogen) atoms. The number of carbonyl (C=O) groups excluding carboxylic acids is 1. The number of aliphatic carboxylic acids is 1. The van der Waals surface area contributed by atoms with Crippen molar-refractivity contribution in [3.05, 3.63) is 29.8 Å². The molecule has 0 saturated heterocycles. The first-order valence-electron chi connectivity index (χ1n) is 7.63. The van der Waals surface area contributed by atoms with Crippen LogP contribution in [0.3, 0.4) is 0 Å². The van der Waals surface area contributed by atoms with Gasteiger partial charge >= 0.3 is 5.97 Å². The van der Waals surface area contributed by atoms with Gasteiger partial charge in [-0.1, -0.05) is 32.9 Å². The summed E-state index contributed by atoms with van der Waals surface area (Å²) in [4.78, 5) is 22.8. The summed E-state index contributed by atoms with van der Waals surface area (Å²) in [6, 6.07) is 7.56. The minimum Gasteiger partial charge on any atom is -0.484 e. The second-order valence-electron chi connectivity index (χ2n) is 5.75. The Morgan fingerprint density at radius 3 is 2.36 bits per heavy atom. The second kappa shape index (κ2) is 9.07. The topological polar surface area (TPSA) is 75.6 Å². The van der Waals surface area contributed by atoms with Gasteiger partial charge in [0.05, 0.1) is 5.92 Å². The molecule has 2 N–H and O–H groups in total. The quantitative estimate of drug-likeness (QED) is 0.735. The normalized spacial score (nSPS) is 12.0. The van der Waals surface area contributed by atoms with Crippen LogP contribution >= 0.6 is 0 Å². The van der Waals surface area contributed by atoms with E-state index < -0.39 is 11.9 Å². The van der Waals surface area contributed by atoms with Crippen LogP contribution in [0.5, 0.6) is 5.75 Å². The number of ether oxygens (including phenoxy) is 1. The summed E-state index contributed by atoms with van der Waals surface area (Å²) < 4.78 is 5.38. The van der Waals surface area contributed by atoms with E-state index in [1.165, 1.54) is 5.56 Å². The highest BCUT2D eigenvalue weighted by Crippen LogP contribution is 2.13. The molecular weight excluding hydrogens is 282 g/mol. The van der Waals surface area contributed by atoms with E-state index in [4.69, 9.17) is 9.84 Å². The third-order valence-electron chi connectivity index (χ3n) is 3.35. The Morgan fingerprint density at radius 1 is 1.23 bits per heavy atom. The van der Waals surface area contributed by atoms with Crippen molar-refractivity contribution in [1.82, 2.24) is 5.32 Å². The largest absolute Gasteiger partial charge is 0.484 e. The average molecular weight is 307 g/mol. The Balaban J connectivity index is 2.37. The fraction of sp³-hybridized carbons (Fsp3) is 0.529. The molecule has 0 aliphatic heterocycles. The molecular formula is C17H25NO4. The molecule has 5 heteroatoms. The predicted molar refractivity (Wildman–Crippen MR) is 84.9 cm³/mol. The summed E-state index contributed by atoms with van der Waals surface area (Å²) in [6.07, 6.45) is 1.49. The summed E-state index contributed by atoms with van der Waals surface area (Å²) >= 11 is 0. The molecule has 1 amide bonds. The van der Waals surface area contributed by atoms with Crippen LogP contribution in [0.2, 0.25) is 0 Å². The maximum Gasteiger partial charge on any atom is 0.308 e. The molecule has 0 aromatic heterocycles. The molecule has 1 aromatic carbocycles. The van der Waals surface area contributed by atoms with Crippen molar-refractivity contribution in [1.29, 1.82) is 0 Å². The first-order valence-corrected chi connectivity index (χ1v) is 7.63. The predicted octanol–water partition coefficient (Wildman–Crippen LogP) is 2.49. The fourth-order valence-electron chi connectivity index (χ4n) is 2.10. The Bertz CT molecular complexity index is 482. The van der Waals surface area contributed by atoms with Gasteiger partial charge in [-0.15, -0.1) is 0 Å². The van der Waals surface area contributed by atoms with E-state index in [1.54, 1.807) is 0 Å². The van der Waals surface area contributed by atoms with Gasteiger partial charge in [0.15, 0.2) is 6.61 Å². The number of benzene rings is 1. The van der Waals surface area contributed by atoms with Crippen LogP contribution in [-0.4, -0.2) is 30.1 Å². The van der Waals surface area contributed by atoms with Crippen molar-refractivity contribution in [2.45, 2.75) is 33.6 Å². The third-order valence-corrected chi connectivity index (χ3v) is 3.35. The Kier molecular flexibility index (Phi) is 7.43. The van der Waals surface area contributed by atoms with Crippen molar-refractivity contribution in [3.8, 4) is 5.75 Å². The minimum atomic E-state index is -0.884. The van der Waals surface area contributed by atoms with Crippen molar-refractivity contribution >= 4 is 11.9 Å². The zero-order valence-corrected chi connectivity index (χ0v) is 13.5. The SMILES string of the molecule is CCc1ccc(OCC(=O)NCC(CC(C)C)C(=O)O)cc1. The van der Waals surface area contributed by atoms with Gasteiger partial charge in [0.1, 0.15) is 5.75 Å². The molecule has 1 unspecified atom stereocenters. The number of carboxylic acid groups (broad SMARTS) is 1. The molecule has 0 saturated carbocycles. The van der Waals surface area contributed by atoms with Gasteiger partial charge in [-0.3, -0.25) is 9.59 Å². The zero-order chi connectivity index (χ0) is 16.5. The monoisotopic (exact) mass is 307 g/mol. The summed E-state index contributed by atoms with van der Waals surface area (Å²) in [7, 11) is 0. The molecule has 1 aromatic rings. The molecule has 122 valence electrons. The number of hydrogen-bond acceptors (Lipinski definition) is 3. The lowest BCUT2D eigenvalue weighted by Crippen LogP contribution is -2.36. The van der Waals surface area contributed by atoms with E-state index in [0.29, 0.717) is 12.2 Å². The third kappa shape index (κ3) is 6.61. The summed E-state index contributed by atoms with van der Waals surface area (Å²) in [5, 5.41) is 11.7. The van der Waals surface area contributed by atoms with Crippen LogP contribution in [0.15, 0.2) is 24.3 Å². The maximum absolute atomic E-state index is 11.7. The highest BCUT2D eigenvalue weighted by Gasteiger charge is 2.19. The first kappa shape index (κ1) is 18.0. The summed E-state index contributed by atoms with van der Waals surface area (Å²) in [5.41, 5.74) is 1.20. The molecule has 0 heterocycles. The van der Waals surface area contributed by atoms with Gasteiger partial charge in [0.2, 0.25) is 0 Å². The Morgan fingerprint density at radius 2 is 1.86 bits per heavy atom. The second-order valence-corrected chi connectivity index (χ2v) is 5.75. The number of aryl methyl sites for hydroxylation is 1. The van der Waals surface area contributed by atoms with E-state index in [2.05, 4.69) is 12.2 Å². The molecule has 0 radical (unpaired) electrons. The number of rotatable bonds is 9. The van der Waals surface area contributed by atoms with E-state index in [-0.39, 0.29) is 25.0 Å². The van der Waals surface area contributed by atoms with Crippen molar-refractivity contribution in [2.24, 2.45) is 11.8 Å². The lowest BCUT2D eigenvalue weighted by atomic mass is 9.97. The molecule has 0 spiro atoms. The van der Waals surface area contributed by atoms with Crippen LogP contribution in [-0.2, 0) is 16.0 Å². The lowest BCUT2D eigenvalue weighted by molar-refractivity contribution is -0.142. The number of amides is 1. The van der Waals surface area contributed by atoms with Gasteiger partial charge in [-0.25, -0.2) is 0 Å². The molecule has 0 aliphatic rings. The van der Waals surface area contributed by atoms with Crippen LogP contribution in [0, 0.1) is 11.8 Å². The smallest absolute Gasteiger partial charge is 0.308 e. The molecule has 0 aliphatic carbocycles. The minimum absolute atomic E-state index is 0.112. The zero-order valence-electron chi connectivity index (χ0n) is 13.5. The Hall–Kier alpha value is -2.04. The highest BCUT2D eigenvalue weighted by molar-refractivity contribution is 5.78. The molecule has 1 atom stereocenters. The molecule has 0 fully saturated rings. The average Bonchev–Trinajstić information content (AvgIpc) is 2.49.